The molecule has 5 heteroatoms. The van der Waals surface area contributed by atoms with E-state index in [4.69, 9.17) is 37.4 Å². The van der Waals surface area contributed by atoms with Crippen molar-refractivity contribution in [2.75, 3.05) is 14.2 Å². The van der Waals surface area contributed by atoms with Crippen LogP contribution in [0.3, 0.4) is 0 Å². The number of fused-ring (bicyclic) bond motifs is 8. The second-order valence-corrected chi connectivity index (χ2v) is 11.9. The quantitative estimate of drug-likeness (QED) is 0.212. The molecule has 1 aliphatic heterocycles. The van der Waals surface area contributed by atoms with Crippen LogP contribution in [0.4, 0.5) is 0 Å². The van der Waals surface area contributed by atoms with E-state index in [-0.39, 0.29) is 5.41 Å². The summed E-state index contributed by atoms with van der Waals surface area (Å²) in [6.07, 6.45) is 4.37. The normalized spacial score (nSPS) is 15.6. The molecular formula is C36H28Cl2O3. The van der Waals surface area contributed by atoms with E-state index in [0.717, 1.165) is 44.7 Å². The van der Waals surface area contributed by atoms with Crippen LogP contribution >= 0.6 is 23.2 Å². The molecule has 5 aromatic rings. The fraction of sp³-hybridized carbons (Fsp3) is 0.167. The van der Waals surface area contributed by atoms with Crippen molar-refractivity contribution in [3.8, 4) is 28.4 Å². The third kappa shape index (κ3) is 3.72. The van der Waals surface area contributed by atoms with Crippen molar-refractivity contribution in [3.05, 3.63) is 129 Å². The highest BCUT2D eigenvalue weighted by Crippen LogP contribution is 2.59. The summed E-state index contributed by atoms with van der Waals surface area (Å²) in [5.41, 5.74) is 6.64. The SMILES string of the molecule is COc1ccc(C2(c3ccc(OC)cc3)C=Cc3c4c(c5cc(Cl)cc(Cl)c5c3O2)-c2ccccc2C4(C)C)cc1. The number of methoxy groups -OCH3 is 2. The maximum absolute atomic E-state index is 7.29. The Kier molecular flexibility index (Phi) is 5.90. The summed E-state index contributed by atoms with van der Waals surface area (Å²) in [4.78, 5) is 0. The van der Waals surface area contributed by atoms with Crippen LogP contribution in [0.25, 0.3) is 28.0 Å². The molecule has 1 aliphatic carbocycles. The number of ether oxygens (including phenoxy) is 3. The highest BCUT2D eigenvalue weighted by atomic mass is 35.5. The van der Waals surface area contributed by atoms with E-state index in [1.165, 1.54) is 22.3 Å². The Bertz CT molecular complexity index is 1820. The topological polar surface area (TPSA) is 27.7 Å². The van der Waals surface area contributed by atoms with E-state index in [0.29, 0.717) is 10.0 Å². The second kappa shape index (κ2) is 9.30. The minimum atomic E-state index is -0.925. The number of halogens is 2. The van der Waals surface area contributed by atoms with Gasteiger partial charge in [-0.05, 0) is 70.1 Å². The average Bonchev–Trinajstić information content (AvgIpc) is 3.24. The lowest BCUT2D eigenvalue weighted by Crippen LogP contribution is -2.35. The van der Waals surface area contributed by atoms with Gasteiger partial charge in [0, 0.05) is 32.5 Å². The monoisotopic (exact) mass is 578 g/mol. The number of rotatable bonds is 4. The Hall–Kier alpha value is -3.92. The van der Waals surface area contributed by atoms with Gasteiger partial charge >= 0.3 is 0 Å². The van der Waals surface area contributed by atoms with Crippen molar-refractivity contribution < 1.29 is 14.2 Å². The third-order valence-electron chi connectivity index (χ3n) is 8.60. The average molecular weight is 580 g/mol. The van der Waals surface area contributed by atoms with Crippen molar-refractivity contribution in [3.63, 3.8) is 0 Å². The predicted molar refractivity (Wildman–Crippen MR) is 168 cm³/mol. The minimum absolute atomic E-state index is 0.257. The first-order valence-electron chi connectivity index (χ1n) is 13.5. The zero-order valence-corrected chi connectivity index (χ0v) is 24.7. The van der Waals surface area contributed by atoms with Gasteiger partial charge in [-0.1, -0.05) is 91.7 Å². The molecule has 0 saturated heterocycles. The molecule has 0 radical (unpaired) electrons. The van der Waals surface area contributed by atoms with Crippen molar-refractivity contribution in [1.82, 2.24) is 0 Å². The Morgan fingerprint density at radius 1 is 0.756 bits per heavy atom. The van der Waals surface area contributed by atoms with E-state index in [2.05, 4.69) is 50.3 Å². The van der Waals surface area contributed by atoms with E-state index < -0.39 is 5.60 Å². The Morgan fingerprint density at radius 3 is 1.98 bits per heavy atom. The summed E-state index contributed by atoms with van der Waals surface area (Å²) >= 11 is 13.7. The van der Waals surface area contributed by atoms with Crippen LogP contribution in [-0.4, -0.2) is 14.2 Å². The van der Waals surface area contributed by atoms with Gasteiger partial charge in [0.05, 0.1) is 19.2 Å². The van der Waals surface area contributed by atoms with E-state index in [1.54, 1.807) is 20.3 Å². The third-order valence-corrected chi connectivity index (χ3v) is 9.11. The maximum atomic E-state index is 7.29. The van der Waals surface area contributed by atoms with Crippen molar-refractivity contribution in [2.24, 2.45) is 0 Å². The highest BCUT2D eigenvalue weighted by molar-refractivity contribution is 6.40. The van der Waals surface area contributed by atoms with Gasteiger partial charge in [-0.3, -0.25) is 0 Å². The van der Waals surface area contributed by atoms with Crippen LogP contribution in [0, 0.1) is 0 Å². The molecule has 0 aromatic heterocycles. The molecule has 0 atom stereocenters. The van der Waals surface area contributed by atoms with Crippen LogP contribution in [0.2, 0.25) is 10.0 Å². The number of benzene rings is 5. The van der Waals surface area contributed by atoms with Gasteiger partial charge in [-0.2, -0.15) is 0 Å². The summed E-state index contributed by atoms with van der Waals surface area (Å²) in [6, 6.07) is 28.4. The molecular weight excluding hydrogens is 551 g/mol. The molecule has 7 rings (SSSR count). The Morgan fingerprint density at radius 2 is 1.37 bits per heavy atom. The van der Waals surface area contributed by atoms with E-state index in [1.807, 2.05) is 54.6 Å². The highest BCUT2D eigenvalue weighted by Gasteiger charge is 2.44. The van der Waals surface area contributed by atoms with Gasteiger partial charge in [0.1, 0.15) is 17.2 Å². The van der Waals surface area contributed by atoms with Crippen molar-refractivity contribution >= 4 is 40.1 Å². The Labute approximate surface area is 249 Å². The minimum Gasteiger partial charge on any atom is -0.497 e. The smallest absolute Gasteiger partial charge is 0.178 e. The molecule has 0 amide bonds. The molecule has 3 nitrogen and oxygen atoms in total. The molecule has 1 heterocycles. The summed E-state index contributed by atoms with van der Waals surface area (Å²) < 4.78 is 18.2. The first kappa shape index (κ1) is 26.0. The fourth-order valence-corrected chi connectivity index (χ4v) is 7.22. The molecule has 5 aromatic carbocycles. The summed E-state index contributed by atoms with van der Waals surface area (Å²) in [7, 11) is 3.34. The largest absolute Gasteiger partial charge is 0.497 e. The van der Waals surface area contributed by atoms with Crippen LogP contribution in [0.5, 0.6) is 17.2 Å². The van der Waals surface area contributed by atoms with Crippen LogP contribution in [0.15, 0.2) is 91.0 Å². The van der Waals surface area contributed by atoms with Crippen LogP contribution < -0.4 is 14.2 Å². The molecule has 0 fully saturated rings. The van der Waals surface area contributed by atoms with Crippen LogP contribution in [-0.2, 0) is 11.0 Å². The predicted octanol–water partition coefficient (Wildman–Crippen LogP) is 9.82. The number of hydrogen-bond donors (Lipinski definition) is 0. The fourth-order valence-electron chi connectivity index (χ4n) is 6.64. The molecule has 0 saturated carbocycles. The summed E-state index contributed by atoms with van der Waals surface area (Å²) in [5.74, 6) is 2.30. The van der Waals surface area contributed by atoms with Crippen LogP contribution in [0.1, 0.15) is 41.7 Å². The summed E-state index contributed by atoms with van der Waals surface area (Å²) in [6.45, 7) is 4.55. The molecule has 0 unspecified atom stereocenters. The van der Waals surface area contributed by atoms with Gasteiger partial charge in [-0.25, -0.2) is 0 Å². The van der Waals surface area contributed by atoms with Gasteiger partial charge < -0.3 is 14.2 Å². The molecule has 2 aliphatic rings. The lowest BCUT2D eigenvalue weighted by molar-refractivity contribution is 0.163. The zero-order valence-electron chi connectivity index (χ0n) is 23.2. The van der Waals surface area contributed by atoms with Gasteiger partial charge in [-0.15, -0.1) is 0 Å². The van der Waals surface area contributed by atoms with Gasteiger partial charge in [0.15, 0.2) is 5.60 Å². The molecule has 0 bridgehead atoms. The zero-order chi connectivity index (χ0) is 28.5. The first-order valence-corrected chi connectivity index (χ1v) is 14.3. The van der Waals surface area contributed by atoms with Gasteiger partial charge in [0.25, 0.3) is 0 Å². The summed E-state index contributed by atoms with van der Waals surface area (Å²) in [5, 5.41) is 2.99. The molecule has 204 valence electrons. The number of hydrogen-bond acceptors (Lipinski definition) is 3. The lowest BCUT2D eigenvalue weighted by atomic mass is 9.77. The molecule has 0 spiro atoms. The lowest BCUT2D eigenvalue weighted by Gasteiger charge is -2.38. The van der Waals surface area contributed by atoms with Crippen molar-refractivity contribution in [1.29, 1.82) is 0 Å². The van der Waals surface area contributed by atoms with Gasteiger partial charge in [0.2, 0.25) is 0 Å². The standard InChI is InChI=1S/C36H28Cl2O3/c1-35(2)29-8-6-5-7-26(29)31-28-19-23(37)20-30(38)32(28)34-27(33(31)35)17-18-36(41-34,21-9-13-24(39-3)14-10-21)22-11-15-25(40-4)16-12-22/h5-20H,1-4H3. The second-order valence-electron chi connectivity index (χ2n) is 11.1. The van der Waals surface area contributed by atoms with E-state index in [9.17, 15) is 0 Å². The van der Waals surface area contributed by atoms with E-state index >= 15 is 0 Å². The maximum Gasteiger partial charge on any atom is 0.178 e. The first-order chi connectivity index (χ1) is 19.8. The Balaban J connectivity index is 1.56. The molecule has 0 N–H and O–H groups in total. The van der Waals surface area contributed by atoms with Crippen molar-refractivity contribution in [2.45, 2.75) is 24.9 Å². The molecule has 41 heavy (non-hydrogen) atoms.